The molecule has 1 fully saturated rings. The van der Waals surface area contributed by atoms with Crippen molar-refractivity contribution >= 4 is 11.7 Å². The second-order valence-electron chi connectivity index (χ2n) is 9.62. The molecule has 0 radical (unpaired) electrons. The van der Waals surface area contributed by atoms with Gasteiger partial charge in [-0.15, -0.1) is 0 Å². The average molecular weight is 486 g/mol. The van der Waals surface area contributed by atoms with Gasteiger partial charge in [-0.05, 0) is 38.0 Å². The quantitative estimate of drug-likeness (QED) is 0.422. The number of amides is 1. The van der Waals surface area contributed by atoms with Gasteiger partial charge in [-0.2, -0.15) is 5.10 Å². The zero-order valence-electron chi connectivity index (χ0n) is 19.8. The number of nitrogen functional groups attached to an aromatic ring is 1. The average Bonchev–Trinajstić information content (AvgIpc) is 3.20. The second kappa shape index (κ2) is 9.31. The third kappa shape index (κ3) is 5.98. The third-order valence-corrected chi connectivity index (χ3v) is 5.70. The Morgan fingerprint density at radius 1 is 1.34 bits per heavy atom. The Morgan fingerprint density at radius 3 is 2.83 bits per heavy atom. The molecule has 1 aromatic carbocycles. The molecule has 1 saturated heterocycles. The van der Waals surface area contributed by atoms with Crippen LogP contribution >= 0.6 is 0 Å². The third-order valence-electron chi connectivity index (χ3n) is 5.70. The van der Waals surface area contributed by atoms with E-state index in [0.29, 0.717) is 12.2 Å². The molecule has 11 heteroatoms. The first-order chi connectivity index (χ1) is 16.4. The number of hydrogen-bond donors (Lipinski definition) is 4. The molecule has 1 aliphatic rings. The predicted molar refractivity (Wildman–Crippen MR) is 128 cm³/mol. The van der Waals surface area contributed by atoms with E-state index in [0.717, 1.165) is 22.3 Å². The van der Waals surface area contributed by atoms with Gasteiger partial charge in [-0.3, -0.25) is 9.48 Å². The molecule has 1 amide bonds. The molecule has 0 aliphatic carbocycles. The van der Waals surface area contributed by atoms with E-state index in [1.807, 2.05) is 31.3 Å². The maximum Gasteiger partial charge on any atom is 0.274 e. The Labute approximate surface area is 201 Å². The maximum absolute atomic E-state index is 13.7. The van der Waals surface area contributed by atoms with E-state index in [9.17, 15) is 18.7 Å². The maximum atomic E-state index is 13.7. The zero-order chi connectivity index (χ0) is 25.4. The van der Waals surface area contributed by atoms with Crippen LogP contribution in [0, 0.1) is 6.92 Å². The Kier molecular flexibility index (Phi) is 6.56. The Morgan fingerprint density at radius 2 is 2.11 bits per heavy atom. The van der Waals surface area contributed by atoms with Crippen LogP contribution in [-0.2, 0) is 6.54 Å². The number of aliphatic hydroxyl groups is 1. The molecular weight excluding hydrogens is 456 g/mol. The van der Waals surface area contributed by atoms with Crippen molar-refractivity contribution in [2.75, 3.05) is 18.8 Å². The number of rotatable bonds is 6. The normalized spacial score (nSPS) is 17.8. The molecule has 1 unspecified atom stereocenters. The van der Waals surface area contributed by atoms with Crippen LogP contribution in [0.15, 0.2) is 36.8 Å². The van der Waals surface area contributed by atoms with Crippen LogP contribution in [-0.4, -0.2) is 61.4 Å². The van der Waals surface area contributed by atoms with Crippen LogP contribution in [0.25, 0.3) is 22.4 Å². The summed E-state index contributed by atoms with van der Waals surface area (Å²) in [4.78, 5) is 21.4. The fraction of sp³-hybridized carbons (Fsp3) is 0.417. The molecule has 0 spiro atoms. The zero-order valence-corrected chi connectivity index (χ0v) is 19.8. The lowest BCUT2D eigenvalue weighted by molar-refractivity contribution is -0.0301. The van der Waals surface area contributed by atoms with Gasteiger partial charge < -0.3 is 21.5 Å². The first kappa shape index (κ1) is 24.7. The van der Waals surface area contributed by atoms with Crippen LogP contribution in [0.5, 0.6) is 0 Å². The van der Waals surface area contributed by atoms with Gasteiger partial charge in [0.1, 0.15) is 0 Å². The van der Waals surface area contributed by atoms with Gasteiger partial charge in [0.15, 0.2) is 11.5 Å². The number of carbonyl (C=O) groups is 1. The van der Waals surface area contributed by atoms with Crippen LogP contribution in [0.2, 0.25) is 0 Å². The van der Waals surface area contributed by atoms with E-state index >= 15 is 0 Å². The number of carbonyl (C=O) groups excluding carboxylic acids is 1. The first-order valence-corrected chi connectivity index (χ1v) is 11.3. The molecule has 3 heterocycles. The van der Waals surface area contributed by atoms with Crippen LogP contribution in [0.4, 0.5) is 14.6 Å². The van der Waals surface area contributed by atoms with Gasteiger partial charge in [0.25, 0.3) is 11.8 Å². The van der Waals surface area contributed by atoms with E-state index in [-0.39, 0.29) is 18.1 Å². The summed E-state index contributed by atoms with van der Waals surface area (Å²) in [6.45, 7) is 5.49. The largest absolute Gasteiger partial charge is 0.389 e. The van der Waals surface area contributed by atoms with E-state index < -0.39 is 36.4 Å². The summed E-state index contributed by atoms with van der Waals surface area (Å²) in [6.07, 6.45) is 4.57. The summed E-state index contributed by atoms with van der Waals surface area (Å²) in [5.74, 6) is -3.63. The summed E-state index contributed by atoms with van der Waals surface area (Å²) >= 11 is 0. The standard InChI is InChI=1S/C24H29F2N7O2/c1-14-4-5-15(16-8-30-33(11-16)13-23(2,3)35)6-18(14)19-10-29-21(27)20(32-19)22(34)31-17-7-24(25,26)12-28-9-17/h4-6,8,10-11,17,28,35H,7,9,12-13H2,1-3H3,(H2,27,29)(H,31,34). The highest BCUT2D eigenvalue weighted by molar-refractivity contribution is 5.97. The van der Waals surface area contributed by atoms with Gasteiger partial charge in [0.2, 0.25) is 0 Å². The number of hydrogen-bond acceptors (Lipinski definition) is 7. The van der Waals surface area contributed by atoms with E-state index in [1.54, 1.807) is 24.7 Å². The molecule has 2 aromatic heterocycles. The summed E-state index contributed by atoms with van der Waals surface area (Å²) in [6, 6.07) is 5.03. The fourth-order valence-electron chi connectivity index (χ4n) is 4.06. The highest BCUT2D eigenvalue weighted by Gasteiger charge is 2.37. The van der Waals surface area contributed by atoms with Gasteiger partial charge in [-0.1, -0.05) is 12.1 Å². The minimum Gasteiger partial charge on any atom is -0.389 e. The number of nitrogens with zero attached hydrogens (tertiary/aromatic N) is 4. The fourth-order valence-corrected chi connectivity index (χ4v) is 4.06. The number of anilines is 1. The SMILES string of the molecule is Cc1ccc(-c2cnn(CC(C)(C)O)c2)cc1-c1cnc(N)c(C(=O)NC2CNCC(F)(F)C2)n1. The van der Waals surface area contributed by atoms with Gasteiger partial charge in [0, 0.05) is 36.3 Å². The lowest BCUT2D eigenvalue weighted by Gasteiger charge is -2.30. The summed E-state index contributed by atoms with van der Waals surface area (Å²) in [7, 11) is 0. The molecule has 1 atom stereocenters. The molecule has 9 nitrogen and oxygen atoms in total. The van der Waals surface area contributed by atoms with Crippen molar-refractivity contribution < 1.29 is 18.7 Å². The number of alkyl halides is 2. The summed E-state index contributed by atoms with van der Waals surface area (Å²) < 4.78 is 29.1. The Balaban J connectivity index is 1.60. The number of nitrogens with one attached hydrogen (secondary N) is 2. The predicted octanol–water partition coefficient (Wildman–Crippen LogP) is 2.40. The number of aromatic nitrogens is 4. The first-order valence-electron chi connectivity index (χ1n) is 11.3. The smallest absolute Gasteiger partial charge is 0.274 e. The molecule has 186 valence electrons. The van der Waals surface area contributed by atoms with Crippen molar-refractivity contribution in [3.8, 4) is 22.4 Å². The van der Waals surface area contributed by atoms with Crippen molar-refractivity contribution in [3.63, 3.8) is 0 Å². The highest BCUT2D eigenvalue weighted by Crippen LogP contribution is 2.29. The number of benzene rings is 1. The van der Waals surface area contributed by atoms with Crippen molar-refractivity contribution in [2.45, 2.75) is 51.3 Å². The molecule has 0 bridgehead atoms. The molecule has 35 heavy (non-hydrogen) atoms. The number of piperidine rings is 1. The summed E-state index contributed by atoms with van der Waals surface area (Å²) in [5, 5.41) is 19.6. The lowest BCUT2D eigenvalue weighted by Crippen LogP contribution is -2.53. The molecule has 3 aromatic rings. The number of halogens is 2. The Hall–Kier alpha value is -3.44. The van der Waals surface area contributed by atoms with Gasteiger partial charge in [-0.25, -0.2) is 18.7 Å². The van der Waals surface area contributed by atoms with Crippen LogP contribution in [0.1, 0.15) is 36.3 Å². The van der Waals surface area contributed by atoms with E-state index in [4.69, 9.17) is 5.73 Å². The second-order valence-corrected chi connectivity index (χ2v) is 9.62. The van der Waals surface area contributed by atoms with Crippen molar-refractivity contribution in [2.24, 2.45) is 0 Å². The van der Waals surface area contributed by atoms with Crippen molar-refractivity contribution in [3.05, 3.63) is 48.0 Å². The highest BCUT2D eigenvalue weighted by atomic mass is 19.3. The molecule has 0 saturated carbocycles. The minimum absolute atomic E-state index is 0.0801. The van der Waals surface area contributed by atoms with Crippen molar-refractivity contribution in [1.29, 1.82) is 0 Å². The van der Waals surface area contributed by atoms with Gasteiger partial charge in [0.05, 0.1) is 36.8 Å². The topological polar surface area (TPSA) is 131 Å². The summed E-state index contributed by atoms with van der Waals surface area (Å²) in [5.41, 5.74) is 8.69. The van der Waals surface area contributed by atoms with E-state index in [1.165, 1.54) is 6.20 Å². The number of nitrogens with two attached hydrogens (primary N) is 1. The van der Waals surface area contributed by atoms with Crippen LogP contribution in [0.3, 0.4) is 0 Å². The number of aryl methyl sites for hydroxylation is 1. The molecule has 1 aliphatic heterocycles. The van der Waals surface area contributed by atoms with Gasteiger partial charge >= 0.3 is 0 Å². The lowest BCUT2D eigenvalue weighted by atomic mass is 9.99. The molecular formula is C24H29F2N7O2. The van der Waals surface area contributed by atoms with E-state index in [2.05, 4.69) is 25.7 Å². The Bertz CT molecular complexity index is 1240. The monoisotopic (exact) mass is 485 g/mol. The van der Waals surface area contributed by atoms with Crippen LogP contribution < -0.4 is 16.4 Å². The van der Waals surface area contributed by atoms with Crippen molar-refractivity contribution in [1.82, 2.24) is 30.4 Å². The molecule has 5 N–H and O–H groups in total. The molecule has 4 rings (SSSR count). The minimum atomic E-state index is -2.90.